The third-order valence-electron chi connectivity index (χ3n) is 4.74. The van der Waals surface area contributed by atoms with Gasteiger partial charge < -0.3 is 4.74 Å². The van der Waals surface area contributed by atoms with Gasteiger partial charge in [0.15, 0.2) is 0 Å². The van der Waals surface area contributed by atoms with E-state index in [4.69, 9.17) is 4.74 Å². The number of hydrogen-bond acceptors (Lipinski definition) is 3. The summed E-state index contributed by atoms with van der Waals surface area (Å²) in [6.45, 7) is 11.1. The van der Waals surface area contributed by atoms with Crippen LogP contribution in [0, 0.1) is 5.41 Å². The van der Waals surface area contributed by atoms with Gasteiger partial charge in [0.05, 0.1) is 6.61 Å². The maximum atomic E-state index is 11.9. The summed E-state index contributed by atoms with van der Waals surface area (Å²) in [6, 6.07) is -0.0309. The Kier molecular flexibility index (Phi) is 6.13. The molecule has 0 aliphatic carbocycles. The van der Waals surface area contributed by atoms with Crippen molar-refractivity contribution in [3.8, 4) is 0 Å². The zero-order chi connectivity index (χ0) is 13.6. The maximum Gasteiger partial charge on any atom is 0.323 e. The maximum absolute atomic E-state index is 11.9. The zero-order valence-corrected chi connectivity index (χ0v) is 12.5. The Labute approximate surface area is 112 Å². The topological polar surface area (TPSA) is 29.5 Å². The first-order valence-corrected chi connectivity index (χ1v) is 7.53. The van der Waals surface area contributed by atoms with Gasteiger partial charge in [-0.1, -0.05) is 33.6 Å². The van der Waals surface area contributed by atoms with Crippen LogP contribution in [0.15, 0.2) is 0 Å². The molecule has 0 aromatic heterocycles. The van der Waals surface area contributed by atoms with E-state index in [2.05, 4.69) is 25.7 Å². The SMILES string of the molecule is CCOC(=O)C(CC)N1CCC(CC)(CC)CC1. The lowest BCUT2D eigenvalue weighted by Gasteiger charge is -2.43. The van der Waals surface area contributed by atoms with E-state index < -0.39 is 0 Å². The van der Waals surface area contributed by atoms with Crippen molar-refractivity contribution in [3.05, 3.63) is 0 Å². The average molecular weight is 255 g/mol. The lowest BCUT2D eigenvalue weighted by molar-refractivity contribution is -0.150. The quantitative estimate of drug-likeness (QED) is 0.682. The molecule has 1 unspecified atom stereocenters. The lowest BCUT2D eigenvalue weighted by atomic mass is 9.74. The van der Waals surface area contributed by atoms with Crippen LogP contribution in [0.4, 0.5) is 0 Å². The first-order chi connectivity index (χ1) is 8.62. The van der Waals surface area contributed by atoms with Crippen LogP contribution in [0.25, 0.3) is 0 Å². The number of hydrogen-bond donors (Lipinski definition) is 0. The van der Waals surface area contributed by atoms with Gasteiger partial charge in [0.1, 0.15) is 6.04 Å². The molecule has 3 heteroatoms. The summed E-state index contributed by atoms with van der Waals surface area (Å²) >= 11 is 0. The second kappa shape index (κ2) is 7.13. The van der Waals surface area contributed by atoms with Crippen molar-refractivity contribution in [2.24, 2.45) is 5.41 Å². The molecular weight excluding hydrogens is 226 g/mol. The molecule has 0 amide bonds. The number of carbonyl (C=O) groups is 1. The van der Waals surface area contributed by atoms with Crippen LogP contribution >= 0.6 is 0 Å². The second-order valence-corrected chi connectivity index (χ2v) is 5.42. The smallest absolute Gasteiger partial charge is 0.323 e. The van der Waals surface area contributed by atoms with Gasteiger partial charge in [-0.05, 0) is 44.7 Å². The molecule has 1 fully saturated rings. The van der Waals surface area contributed by atoms with E-state index in [0.717, 1.165) is 19.5 Å². The fourth-order valence-electron chi connectivity index (χ4n) is 3.08. The highest BCUT2D eigenvalue weighted by Crippen LogP contribution is 2.38. The molecule has 0 radical (unpaired) electrons. The summed E-state index contributed by atoms with van der Waals surface area (Å²) in [5.41, 5.74) is 0.517. The van der Waals surface area contributed by atoms with Gasteiger partial charge in [-0.3, -0.25) is 9.69 Å². The lowest BCUT2D eigenvalue weighted by Crippen LogP contribution is -2.48. The summed E-state index contributed by atoms with van der Waals surface area (Å²) in [4.78, 5) is 14.2. The summed E-state index contributed by atoms with van der Waals surface area (Å²) < 4.78 is 5.17. The van der Waals surface area contributed by atoms with Gasteiger partial charge in [0, 0.05) is 0 Å². The number of rotatable bonds is 6. The molecule has 0 saturated carbocycles. The highest BCUT2D eigenvalue weighted by atomic mass is 16.5. The van der Waals surface area contributed by atoms with Crippen LogP contribution in [0.5, 0.6) is 0 Å². The van der Waals surface area contributed by atoms with E-state index in [9.17, 15) is 4.79 Å². The van der Waals surface area contributed by atoms with Crippen molar-refractivity contribution >= 4 is 5.97 Å². The molecule has 18 heavy (non-hydrogen) atoms. The van der Waals surface area contributed by atoms with Crippen molar-refractivity contribution in [1.82, 2.24) is 4.90 Å². The van der Waals surface area contributed by atoms with Crippen molar-refractivity contribution in [2.75, 3.05) is 19.7 Å². The van der Waals surface area contributed by atoms with Crippen molar-refractivity contribution < 1.29 is 9.53 Å². The summed E-state index contributed by atoms with van der Waals surface area (Å²) in [5, 5.41) is 0. The molecule has 0 N–H and O–H groups in total. The predicted octanol–water partition coefficient (Wildman–Crippen LogP) is 3.23. The molecule has 1 rings (SSSR count). The van der Waals surface area contributed by atoms with Gasteiger partial charge in [-0.25, -0.2) is 0 Å². The molecular formula is C15H29NO2. The predicted molar refractivity (Wildman–Crippen MR) is 74.5 cm³/mol. The van der Waals surface area contributed by atoms with Crippen LogP contribution < -0.4 is 0 Å². The van der Waals surface area contributed by atoms with Crippen molar-refractivity contribution in [1.29, 1.82) is 0 Å². The van der Waals surface area contributed by atoms with Gasteiger partial charge in [-0.15, -0.1) is 0 Å². The number of esters is 1. The number of likely N-dealkylation sites (tertiary alicyclic amines) is 1. The van der Waals surface area contributed by atoms with Gasteiger partial charge in [0.25, 0.3) is 0 Å². The van der Waals surface area contributed by atoms with E-state index in [-0.39, 0.29) is 12.0 Å². The Bertz CT molecular complexity index is 251. The molecule has 3 nitrogen and oxygen atoms in total. The molecule has 106 valence electrons. The normalized spacial score (nSPS) is 21.6. The number of piperidine rings is 1. The summed E-state index contributed by atoms with van der Waals surface area (Å²) in [7, 11) is 0. The minimum Gasteiger partial charge on any atom is -0.465 e. The second-order valence-electron chi connectivity index (χ2n) is 5.42. The number of nitrogens with zero attached hydrogens (tertiary/aromatic N) is 1. The van der Waals surface area contributed by atoms with E-state index in [1.807, 2.05) is 6.92 Å². The first kappa shape index (κ1) is 15.5. The standard InChI is InChI=1S/C15H29NO2/c1-5-13(14(17)18-8-4)16-11-9-15(6-2,7-3)10-12-16/h13H,5-12H2,1-4H3. The molecule has 0 aromatic carbocycles. The van der Waals surface area contributed by atoms with E-state index in [0.29, 0.717) is 12.0 Å². The first-order valence-electron chi connectivity index (χ1n) is 7.53. The van der Waals surface area contributed by atoms with Crippen molar-refractivity contribution in [2.45, 2.75) is 65.8 Å². The van der Waals surface area contributed by atoms with Gasteiger partial charge >= 0.3 is 5.97 Å². The highest BCUT2D eigenvalue weighted by molar-refractivity contribution is 5.75. The Morgan fingerprint density at radius 2 is 1.72 bits per heavy atom. The van der Waals surface area contributed by atoms with Crippen LogP contribution in [0.3, 0.4) is 0 Å². The Balaban J connectivity index is 2.57. The van der Waals surface area contributed by atoms with Crippen LogP contribution in [0.2, 0.25) is 0 Å². The number of ether oxygens (including phenoxy) is 1. The van der Waals surface area contributed by atoms with Gasteiger partial charge in [0.2, 0.25) is 0 Å². The summed E-state index contributed by atoms with van der Waals surface area (Å²) in [6.07, 6.45) is 5.80. The molecule has 0 spiro atoms. The third-order valence-corrected chi connectivity index (χ3v) is 4.74. The third kappa shape index (κ3) is 3.47. The van der Waals surface area contributed by atoms with E-state index in [1.165, 1.54) is 25.7 Å². The van der Waals surface area contributed by atoms with Gasteiger partial charge in [-0.2, -0.15) is 0 Å². The molecule has 0 bridgehead atoms. The molecule has 1 aliphatic heterocycles. The monoisotopic (exact) mass is 255 g/mol. The van der Waals surface area contributed by atoms with Crippen molar-refractivity contribution in [3.63, 3.8) is 0 Å². The summed E-state index contributed by atoms with van der Waals surface area (Å²) in [5.74, 6) is -0.0412. The Morgan fingerprint density at radius 3 is 2.11 bits per heavy atom. The van der Waals surface area contributed by atoms with Crippen LogP contribution in [-0.4, -0.2) is 36.6 Å². The number of carbonyl (C=O) groups excluding carboxylic acids is 1. The Morgan fingerprint density at radius 1 is 1.17 bits per heavy atom. The molecule has 0 aromatic rings. The van der Waals surface area contributed by atoms with E-state index in [1.54, 1.807) is 0 Å². The zero-order valence-electron chi connectivity index (χ0n) is 12.5. The minimum atomic E-state index is -0.0412. The van der Waals surface area contributed by atoms with Crippen LogP contribution in [0.1, 0.15) is 59.8 Å². The fourth-order valence-corrected chi connectivity index (χ4v) is 3.08. The largest absolute Gasteiger partial charge is 0.465 e. The Hall–Kier alpha value is -0.570. The molecule has 1 saturated heterocycles. The average Bonchev–Trinajstić information content (AvgIpc) is 2.41. The molecule has 1 aliphatic rings. The van der Waals surface area contributed by atoms with E-state index >= 15 is 0 Å². The van der Waals surface area contributed by atoms with Crippen LogP contribution in [-0.2, 0) is 9.53 Å². The molecule has 1 heterocycles. The highest BCUT2D eigenvalue weighted by Gasteiger charge is 2.35. The fraction of sp³-hybridized carbons (Fsp3) is 0.933. The minimum absolute atomic E-state index is 0.0309. The molecule has 1 atom stereocenters.